The molecule has 0 aromatic heterocycles. The summed E-state index contributed by atoms with van der Waals surface area (Å²) in [5.74, 6) is 0.766. The van der Waals surface area contributed by atoms with E-state index >= 15 is 0 Å². The number of hydrogen-bond donors (Lipinski definition) is 1. The van der Waals surface area contributed by atoms with Crippen LogP contribution in [-0.2, 0) is 17.6 Å². The van der Waals surface area contributed by atoms with E-state index in [4.69, 9.17) is 4.74 Å². The van der Waals surface area contributed by atoms with E-state index in [1.54, 1.807) is 7.11 Å². The molecule has 4 nitrogen and oxygen atoms in total. The molecule has 0 bridgehead atoms. The van der Waals surface area contributed by atoms with Gasteiger partial charge in [-0.3, -0.25) is 9.69 Å². The summed E-state index contributed by atoms with van der Waals surface area (Å²) in [4.78, 5) is 15.4. The number of carbonyl (C=O) groups excluding carboxylic acids is 1. The van der Waals surface area contributed by atoms with Crippen LogP contribution in [0, 0.1) is 0 Å². The average Bonchev–Trinajstić information content (AvgIpc) is 3.15. The van der Waals surface area contributed by atoms with Crippen molar-refractivity contribution in [3.8, 4) is 5.75 Å². The summed E-state index contributed by atoms with van der Waals surface area (Å²) in [5.41, 5.74) is 5.90. The smallest absolute Gasteiger partial charge is 0.275 e. The number of carbonyl (C=O) groups is 1. The molecule has 158 valence electrons. The van der Waals surface area contributed by atoms with Crippen LogP contribution >= 0.6 is 0 Å². The number of nitrogens with one attached hydrogen (secondary N) is 1. The van der Waals surface area contributed by atoms with Crippen molar-refractivity contribution in [2.24, 2.45) is 0 Å². The lowest BCUT2D eigenvalue weighted by molar-refractivity contribution is -0.114. The molecule has 1 amide bonds. The highest BCUT2D eigenvalue weighted by atomic mass is 16.5. The van der Waals surface area contributed by atoms with E-state index in [0.29, 0.717) is 5.70 Å². The number of rotatable bonds is 7. The Bertz CT molecular complexity index is 1100. The first-order valence-electron chi connectivity index (χ1n) is 10.8. The van der Waals surface area contributed by atoms with Crippen molar-refractivity contribution in [3.05, 3.63) is 101 Å². The second-order valence-electron chi connectivity index (χ2n) is 7.68. The van der Waals surface area contributed by atoms with Gasteiger partial charge < -0.3 is 10.1 Å². The van der Waals surface area contributed by atoms with Crippen LogP contribution in [0.2, 0.25) is 0 Å². The predicted octanol–water partition coefficient (Wildman–Crippen LogP) is 5.90. The van der Waals surface area contributed by atoms with E-state index < -0.39 is 0 Å². The molecule has 1 aliphatic rings. The summed E-state index contributed by atoms with van der Waals surface area (Å²) < 4.78 is 5.31. The Morgan fingerprint density at radius 3 is 2.26 bits per heavy atom. The molecular weight excluding hydrogens is 384 g/mol. The highest BCUT2D eigenvalue weighted by Crippen LogP contribution is 2.37. The van der Waals surface area contributed by atoms with Crippen LogP contribution in [-0.4, -0.2) is 13.0 Å². The largest absolute Gasteiger partial charge is 0.497 e. The Balaban J connectivity index is 1.72. The highest BCUT2D eigenvalue weighted by Gasteiger charge is 2.34. The predicted molar refractivity (Wildman–Crippen MR) is 127 cm³/mol. The fourth-order valence-corrected chi connectivity index (χ4v) is 3.93. The summed E-state index contributed by atoms with van der Waals surface area (Å²) in [6.45, 7) is 4.25. The summed E-state index contributed by atoms with van der Waals surface area (Å²) in [6.07, 6.45) is 3.89. The molecule has 0 spiro atoms. The first-order chi connectivity index (χ1) is 15.1. The van der Waals surface area contributed by atoms with Crippen molar-refractivity contribution in [1.29, 1.82) is 0 Å². The van der Waals surface area contributed by atoms with Gasteiger partial charge in [0.1, 0.15) is 11.4 Å². The number of aryl methyl sites for hydroxylation is 2. The minimum absolute atomic E-state index is 0.0315. The zero-order valence-corrected chi connectivity index (χ0v) is 18.3. The van der Waals surface area contributed by atoms with Gasteiger partial charge in [-0.15, -0.1) is 0 Å². The molecule has 4 rings (SSSR count). The van der Waals surface area contributed by atoms with Crippen LogP contribution < -0.4 is 15.0 Å². The van der Waals surface area contributed by atoms with Gasteiger partial charge in [-0.1, -0.05) is 50.2 Å². The summed E-state index contributed by atoms with van der Waals surface area (Å²) >= 11 is 0. The monoisotopic (exact) mass is 412 g/mol. The number of hydrogen-bond acceptors (Lipinski definition) is 3. The third-order valence-electron chi connectivity index (χ3n) is 5.72. The van der Waals surface area contributed by atoms with Gasteiger partial charge in [0.25, 0.3) is 5.91 Å². The molecule has 0 radical (unpaired) electrons. The van der Waals surface area contributed by atoms with Gasteiger partial charge >= 0.3 is 0 Å². The first kappa shape index (κ1) is 20.7. The second-order valence-corrected chi connectivity index (χ2v) is 7.68. The SMILES string of the molecule is CCc1cccc(NC2=C[C@H](c3ccc(OC)cc3)N(c3cccc(CC)c3)C2=O)c1. The molecule has 1 heterocycles. The second kappa shape index (κ2) is 9.09. The molecule has 0 aliphatic carbocycles. The number of amides is 1. The Morgan fingerprint density at radius 2 is 1.58 bits per heavy atom. The zero-order valence-electron chi connectivity index (χ0n) is 18.3. The molecular formula is C27H28N2O2. The van der Waals surface area contributed by atoms with Crippen molar-refractivity contribution in [2.75, 3.05) is 17.3 Å². The molecule has 0 saturated carbocycles. The Kier molecular flexibility index (Phi) is 6.08. The van der Waals surface area contributed by atoms with Gasteiger partial charge in [0.15, 0.2) is 0 Å². The molecule has 0 fully saturated rings. The molecule has 3 aromatic rings. The van der Waals surface area contributed by atoms with E-state index in [2.05, 4.69) is 43.4 Å². The molecule has 3 aromatic carbocycles. The van der Waals surface area contributed by atoms with E-state index in [1.165, 1.54) is 11.1 Å². The van der Waals surface area contributed by atoms with Crippen molar-refractivity contribution in [3.63, 3.8) is 0 Å². The van der Waals surface area contributed by atoms with Crippen molar-refractivity contribution in [1.82, 2.24) is 0 Å². The summed E-state index contributed by atoms with van der Waals surface area (Å²) in [6, 6.07) is 24.1. The average molecular weight is 413 g/mol. The normalized spacial score (nSPS) is 15.7. The standard InChI is InChI=1S/C27H28N2O2/c1-4-19-8-6-10-22(16-19)28-25-18-26(21-12-14-24(31-3)15-13-21)29(27(25)30)23-11-7-9-20(5-2)17-23/h6-18,26,28H,4-5H2,1-3H3/t26-/m1/s1. The Labute approximate surface area is 184 Å². The molecule has 1 aliphatic heterocycles. The van der Waals surface area contributed by atoms with Gasteiger partial charge in [0, 0.05) is 11.4 Å². The van der Waals surface area contributed by atoms with Crippen LogP contribution in [0.1, 0.15) is 36.6 Å². The molecule has 4 heteroatoms. The quantitative estimate of drug-likeness (QED) is 0.525. The van der Waals surface area contributed by atoms with Crippen LogP contribution in [0.5, 0.6) is 5.75 Å². The van der Waals surface area contributed by atoms with Crippen LogP contribution in [0.4, 0.5) is 11.4 Å². The van der Waals surface area contributed by atoms with Crippen molar-refractivity contribution < 1.29 is 9.53 Å². The maximum absolute atomic E-state index is 13.5. The van der Waals surface area contributed by atoms with Gasteiger partial charge in [-0.25, -0.2) is 0 Å². The van der Waals surface area contributed by atoms with Crippen LogP contribution in [0.3, 0.4) is 0 Å². The lowest BCUT2D eigenvalue weighted by Gasteiger charge is -2.26. The fraction of sp³-hybridized carbons (Fsp3) is 0.222. The number of anilines is 2. The van der Waals surface area contributed by atoms with Gasteiger partial charge in [-0.2, -0.15) is 0 Å². The lowest BCUT2D eigenvalue weighted by atomic mass is 10.0. The summed E-state index contributed by atoms with van der Waals surface area (Å²) in [7, 11) is 1.66. The zero-order chi connectivity index (χ0) is 21.8. The first-order valence-corrected chi connectivity index (χ1v) is 10.8. The third-order valence-corrected chi connectivity index (χ3v) is 5.72. The number of methoxy groups -OCH3 is 1. The van der Waals surface area contributed by atoms with Crippen LogP contribution in [0.25, 0.3) is 0 Å². The number of ether oxygens (including phenoxy) is 1. The maximum Gasteiger partial charge on any atom is 0.275 e. The van der Waals surface area contributed by atoms with E-state index in [-0.39, 0.29) is 11.9 Å². The summed E-state index contributed by atoms with van der Waals surface area (Å²) in [5, 5.41) is 3.36. The van der Waals surface area contributed by atoms with E-state index in [9.17, 15) is 4.79 Å². The van der Waals surface area contributed by atoms with E-state index in [1.807, 2.05) is 59.5 Å². The molecule has 0 unspecified atom stereocenters. The molecule has 0 saturated heterocycles. The maximum atomic E-state index is 13.5. The van der Waals surface area contributed by atoms with E-state index in [0.717, 1.165) is 35.5 Å². The highest BCUT2D eigenvalue weighted by molar-refractivity contribution is 6.11. The number of nitrogens with zero attached hydrogens (tertiary/aromatic N) is 1. The van der Waals surface area contributed by atoms with Crippen molar-refractivity contribution >= 4 is 17.3 Å². The molecule has 1 atom stereocenters. The Hall–Kier alpha value is -3.53. The molecule has 1 N–H and O–H groups in total. The van der Waals surface area contributed by atoms with Crippen molar-refractivity contribution in [2.45, 2.75) is 32.7 Å². The minimum Gasteiger partial charge on any atom is -0.497 e. The fourth-order valence-electron chi connectivity index (χ4n) is 3.93. The third kappa shape index (κ3) is 4.33. The molecule has 31 heavy (non-hydrogen) atoms. The van der Waals surface area contributed by atoms with Gasteiger partial charge in [0.2, 0.25) is 0 Å². The number of benzene rings is 3. The van der Waals surface area contributed by atoms with Gasteiger partial charge in [-0.05, 0) is 72.0 Å². The van der Waals surface area contributed by atoms with Gasteiger partial charge in [0.05, 0.1) is 13.2 Å². The lowest BCUT2D eigenvalue weighted by Crippen LogP contribution is -2.30. The minimum atomic E-state index is -0.192. The topological polar surface area (TPSA) is 41.6 Å². The Morgan fingerprint density at radius 1 is 0.903 bits per heavy atom. The van der Waals surface area contributed by atoms with Crippen LogP contribution in [0.15, 0.2) is 84.6 Å².